The van der Waals surface area contributed by atoms with Gasteiger partial charge in [0.15, 0.2) is 0 Å². The van der Waals surface area contributed by atoms with Gasteiger partial charge in [-0.2, -0.15) is 0 Å². The van der Waals surface area contributed by atoms with Crippen molar-refractivity contribution >= 4 is 62.6 Å². The molecule has 2 N–H and O–H groups in total. The fraction of sp³-hybridized carbons (Fsp3) is 0. The molecule has 1 heterocycles. The lowest BCUT2D eigenvalue weighted by atomic mass is 9.80. The lowest BCUT2D eigenvalue weighted by Crippen LogP contribution is -2.29. The number of hydrogen-bond acceptors (Lipinski definition) is 4. The summed E-state index contributed by atoms with van der Waals surface area (Å²) in [6.45, 7) is 0. The summed E-state index contributed by atoms with van der Waals surface area (Å²) < 4.78 is 1.93. The van der Waals surface area contributed by atoms with Gasteiger partial charge in [0, 0.05) is 24.8 Å². The van der Waals surface area contributed by atoms with Gasteiger partial charge in [0.05, 0.1) is 0 Å². The largest absolute Gasteiger partial charge is 0.488 e. The molecule has 0 fully saturated rings. The molecular formula is C8H6BBrO2S2. The normalized spacial score (nSPS) is 10.9. The maximum absolute atomic E-state index is 9.05. The van der Waals surface area contributed by atoms with E-state index in [9.17, 15) is 0 Å². The summed E-state index contributed by atoms with van der Waals surface area (Å²) in [4.78, 5) is 0.855. The standard InChI is InChI=1S/C8H6BBrO2S2/c10-6-2-4(9(11)12)1-5-7(13)3-14-8(5)6/h1-3,11-13H. The van der Waals surface area contributed by atoms with Gasteiger partial charge in [-0.15, -0.1) is 24.0 Å². The molecule has 1 aromatic heterocycles. The van der Waals surface area contributed by atoms with Crippen molar-refractivity contribution in [3.8, 4) is 0 Å². The third-order valence-corrected chi connectivity index (χ3v) is 4.39. The summed E-state index contributed by atoms with van der Waals surface area (Å²) >= 11 is 9.25. The Morgan fingerprint density at radius 2 is 2.07 bits per heavy atom. The molecule has 0 spiro atoms. The molecule has 2 rings (SSSR count). The number of hydrogen-bond donors (Lipinski definition) is 3. The molecule has 2 nitrogen and oxygen atoms in total. The molecule has 0 atom stereocenters. The maximum Gasteiger partial charge on any atom is 0.488 e. The van der Waals surface area contributed by atoms with Crippen molar-refractivity contribution < 1.29 is 10.0 Å². The molecule has 0 bridgehead atoms. The average Bonchev–Trinajstić information content (AvgIpc) is 2.48. The Hall–Kier alpha value is -0.00506. The third-order valence-electron chi connectivity index (χ3n) is 1.93. The van der Waals surface area contributed by atoms with Crippen molar-refractivity contribution in [3.05, 3.63) is 22.0 Å². The van der Waals surface area contributed by atoms with E-state index in [1.165, 1.54) is 0 Å². The summed E-state index contributed by atoms with van der Waals surface area (Å²) in [6, 6.07) is 3.44. The smallest absolute Gasteiger partial charge is 0.423 e. The zero-order valence-corrected chi connectivity index (χ0v) is 10.2. The van der Waals surface area contributed by atoms with Gasteiger partial charge in [0.25, 0.3) is 0 Å². The summed E-state index contributed by atoms with van der Waals surface area (Å²) in [7, 11) is -1.44. The van der Waals surface area contributed by atoms with Crippen LogP contribution in [0, 0.1) is 0 Å². The number of fused-ring (bicyclic) bond motifs is 1. The first-order valence-corrected chi connectivity index (χ1v) is 5.97. The number of rotatable bonds is 1. The second-order valence-electron chi connectivity index (χ2n) is 2.87. The summed E-state index contributed by atoms with van der Waals surface area (Å²) in [5.74, 6) is 0. The Balaban J connectivity index is 2.75. The van der Waals surface area contributed by atoms with Gasteiger partial charge in [-0.05, 0) is 27.5 Å². The minimum absolute atomic E-state index is 0.470. The second kappa shape index (κ2) is 3.86. The van der Waals surface area contributed by atoms with E-state index in [0.29, 0.717) is 5.46 Å². The van der Waals surface area contributed by atoms with Gasteiger partial charge in [-0.25, -0.2) is 0 Å². The quantitative estimate of drug-likeness (QED) is 0.551. The molecule has 6 heteroatoms. The van der Waals surface area contributed by atoms with Crippen LogP contribution in [-0.4, -0.2) is 17.2 Å². The average molecular weight is 289 g/mol. The fourth-order valence-corrected chi connectivity index (χ4v) is 3.24. The van der Waals surface area contributed by atoms with Crippen molar-refractivity contribution in [2.45, 2.75) is 4.90 Å². The minimum atomic E-state index is -1.44. The summed E-state index contributed by atoms with van der Waals surface area (Å²) in [5, 5.41) is 21.0. The predicted molar refractivity (Wildman–Crippen MR) is 66.6 cm³/mol. The zero-order chi connectivity index (χ0) is 10.3. The molecule has 72 valence electrons. The van der Waals surface area contributed by atoms with E-state index in [-0.39, 0.29) is 0 Å². The Morgan fingerprint density at radius 3 is 2.71 bits per heavy atom. The van der Waals surface area contributed by atoms with Gasteiger partial charge >= 0.3 is 7.12 Å². The first kappa shape index (κ1) is 10.5. The first-order chi connectivity index (χ1) is 6.59. The molecular weight excluding hydrogens is 283 g/mol. The lowest BCUT2D eigenvalue weighted by molar-refractivity contribution is 0.426. The Kier molecular flexibility index (Phi) is 2.90. The van der Waals surface area contributed by atoms with Crippen molar-refractivity contribution in [2.75, 3.05) is 0 Å². The van der Waals surface area contributed by atoms with Gasteiger partial charge in [-0.1, -0.05) is 6.07 Å². The Bertz CT molecular complexity index is 483. The molecule has 0 saturated carbocycles. The van der Waals surface area contributed by atoms with Crippen molar-refractivity contribution in [3.63, 3.8) is 0 Å². The highest BCUT2D eigenvalue weighted by atomic mass is 79.9. The molecule has 1 aromatic carbocycles. The number of thiol groups is 1. The van der Waals surface area contributed by atoms with Crippen LogP contribution in [0.25, 0.3) is 10.1 Å². The molecule has 0 saturated heterocycles. The van der Waals surface area contributed by atoms with Gasteiger partial charge < -0.3 is 10.0 Å². The molecule has 14 heavy (non-hydrogen) atoms. The number of halogens is 1. The topological polar surface area (TPSA) is 40.5 Å². The number of benzene rings is 1. The SMILES string of the molecule is OB(O)c1cc(Br)c2scc(S)c2c1. The molecule has 0 amide bonds. The van der Waals surface area contributed by atoms with Gasteiger partial charge in [-0.3, -0.25) is 0 Å². The van der Waals surface area contributed by atoms with Crippen molar-refractivity contribution in [1.29, 1.82) is 0 Å². The summed E-state index contributed by atoms with van der Waals surface area (Å²) in [5.41, 5.74) is 0.470. The highest BCUT2D eigenvalue weighted by molar-refractivity contribution is 9.10. The maximum atomic E-state index is 9.05. The summed E-state index contributed by atoms with van der Waals surface area (Å²) in [6.07, 6.45) is 0. The van der Waals surface area contributed by atoms with Crippen molar-refractivity contribution in [1.82, 2.24) is 0 Å². The third kappa shape index (κ3) is 1.72. The molecule has 0 aliphatic rings. The van der Waals surface area contributed by atoms with Crippen LogP contribution in [0.1, 0.15) is 0 Å². The highest BCUT2D eigenvalue weighted by Crippen LogP contribution is 2.33. The monoisotopic (exact) mass is 288 g/mol. The van der Waals surface area contributed by atoms with E-state index in [2.05, 4.69) is 28.6 Å². The van der Waals surface area contributed by atoms with E-state index in [1.54, 1.807) is 23.5 Å². The van der Waals surface area contributed by atoms with Crippen LogP contribution in [0.5, 0.6) is 0 Å². The predicted octanol–water partition coefficient (Wildman–Crippen LogP) is 1.63. The van der Waals surface area contributed by atoms with Crippen molar-refractivity contribution in [2.24, 2.45) is 0 Å². The molecule has 0 aliphatic carbocycles. The van der Waals surface area contributed by atoms with E-state index < -0.39 is 7.12 Å². The van der Waals surface area contributed by atoms with Crippen LogP contribution in [0.15, 0.2) is 26.9 Å². The van der Waals surface area contributed by atoms with E-state index in [4.69, 9.17) is 10.0 Å². The Labute approximate surface area is 99.3 Å². The molecule has 0 unspecified atom stereocenters. The first-order valence-electron chi connectivity index (χ1n) is 3.85. The van der Waals surface area contributed by atoms with Crippen LogP contribution in [0.2, 0.25) is 0 Å². The van der Waals surface area contributed by atoms with E-state index >= 15 is 0 Å². The van der Waals surface area contributed by atoms with E-state index in [0.717, 1.165) is 19.5 Å². The van der Waals surface area contributed by atoms with Crippen LogP contribution in [-0.2, 0) is 0 Å². The van der Waals surface area contributed by atoms with Gasteiger partial charge in [0.2, 0.25) is 0 Å². The highest BCUT2D eigenvalue weighted by Gasteiger charge is 2.14. The fourth-order valence-electron chi connectivity index (χ4n) is 1.25. The van der Waals surface area contributed by atoms with Crippen LogP contribution in [0.4, 0.5) is 0 Å². The lowest BCUT2D eigenvalue weighted by Gasteiger charge is -2.02. The van der Waals surface area contributed by atoms with E-state index in [1.807, 2.05) is 5.38 Å². The molecule has 0 aliphatic heterocycles. The van der Waals surface area contributed by atoms with Crippen LogP contribution in [0.3, 0.4) is 0 Å². The second-order valence-corrected chi connectivity index (χ2v) is 5.09. The molecule has 2 aromatic rings. The zero-order valence-electron chi connectivity index (χ0n) is 6.94. The Morgan fingerprint density at radius 1 is 1.36 bits per heavy atom. The minimum Gasteiger partial charge on any atom is -0.423 e. The van der Waals surface area contributed by atoms with Gasteiger partial charge in [0.1, 0.15) is 0 Å². The van der Waals surface area contributed by atoms with Crippen LogP contribution >= 0.6 is 39.9 Å². The van der Waals surface area contributed by atoms with Crippen LogP contribution < -0.4 is 5.46 Å². The number of thiophene rings is 1. The molecule has 0 radical (unpaired) electrons.